The Kier molecular flexibility index (Phi) is 6.55. The Morgan fingerprint density at radius 1 is 1.35 bits per heavy atom. The van der Waals surface area contributed by atoms with Crippen molar-refractivity contribution in [3.05, 3.63) is 35.3 Å². The zero-order valence-corrected chi connectivity index (χ0v) is 14.6. The van der Waals surface area contributed by atoms with Crippen LogP contribution in [0.1, 0.15) is 30.8 Å². The van der Waals surface area contributed by atoms with Crippen LogP contribution >= 0.6 is 11.3 Å². The van der Waals surface area contributed by atoms with Gasteiger partial charge in [-0.15, -0.1) is 11.3 Å². The van der Waals surface area contributed by atoms with Crippen molar-refractivity contribution in [2.24, 2.45) is 0 Å². The van der Waals surface area contributed by atoms with Crippen LogP contribution in [0.5, 0.6) is 5.75 Å². The van der Waals surface area contributed by atoms with E-state index in [0.717, 1.165) is 22.7 Å². The molecule has 0 aliphatic rings. The zero-order chi connectivity index (χ0) is 16.7. The quantitative estimate of drug-likeness (QED) is 0.780. The molecule has 0 saturated carbocycles. The van der Waals surface area contributed by atoms with Crippen LogP contribution in [0.25, 0.3) is 10.6 Å². The first-order valence-electron chi connectivity index (χ1n) is 7.78. The Hall–Kier alpha value is -1.92. The molecule has 0 fully saturated rings. The molecule has 6 heteroatoms. The third kappa shape index (κ3) is 5.04. The molecule has 1 amide bonds. The van der Waals surface area contributed by atoms with Crippen LogP contribution in [0, 0.1) is 0 Å². The average Bonchev–Trinajstić information content (AvgIpc) is 3.08. The highest BCUT2D eigenvalue weighted by atomic mass is 32.1. The van der Waals surface area contributed by atoms with E-state index in [9.17, 15) is 4.79 Å². The lowest BCUT2D eigenvalue weighted by Gasteiger charge is -2.10. The van der Waals surface area contributed by atoms with Crippen molar-refractivity contribution in [1.29, 1.82) is 0 Å². The number of thiazole rings is 1. The van der Waals surface area contributed by atoms with Gasteiger partial charge in [0.15, 0.2) is 0 Å². The molecular weight excluding hydrogens is 310 g/mol. The fourth-order valence-electron chi connectivity index (χ4n) is 1.86. The predicted octanol–water partition coefficient (Wildman–Crippen LogP) is 2.94. The minimum absolute atomic E-state index is 0.141. The van der Waals surface area contributed by atoms with E-state index in [2.05, 4.69) is 22.5 Å². The van der Waals surface area contributed by atoms with Crippen LogP contribution in [-0.2, 0) is 0 Å². The third-order valence-corrected chi connectivity index (χ3v) is 4.26. The molecule has 0 radical (unpaired) electrons. The van der Waals surface area contributed by atoms with E-state index in [1.165, 1.54) is 11.3 Å². The molecule has 5 nitrogen and oxygen atoms in total. The molecular formula is C17H23N3O2S. The number of rotatable bonds is 8. The number of ether oxygens (including phenoxy) is 1. The Labute approximate surface area is 141 Å². The Morgan fingerprint density at radius 3 is 2.74 bits per heavy atom. The monoisotopic (exact) mass is 333 g/mol. The van der Waals surface area contributed by atoms with Crippen LogP contribution in [0.2, 0.25) is 0 Å². The van der Waals surface area contributed by atoms with Gasteiger partial charge in [0.25, 0.3) is 5.91 Å². The van der Waals surface area contributed by atoms with Gasteiger partial charge in [0.05, 0.1) is 6.61 Å². The molecule has 0 saturated heterocycles. The third-order valence-electron chi connectivity index (χ3n) is 3.37. The average molecular weight is 333 g/mol. The summed E-state index contributed by atoms with van der Waals surface area (Å²) in [7, 11) is 1.87. The molecule has 1 aromatic carbocycles. The second kappa shape index (κ2) is 8.64. The van der Waals surface area contributed by atoms with Gasteiger partial charge in [-0.05, 0) is 44.7 Å². The Bertz CT molecular complexity index is 625. The number of aromatic nitrogens is 1. The fraction of sp³-hybridized carbons (Fsp3) is 0.412. The van der Waals surface area contributed by atoms with Crippen molar-refractivity contribution >= 4 is 17.2 Å². The van der Waals surface area contributed by atoms with Crippen molar-refractivity contribution in [2.45, 2.75) is 26.3 Å². The lowest BCUT2D eigenvalue weighted by Crippen LogP contribution is -2.37. The number of benzene rings is 1. The van der Waals surface area contributed by atoms with Gasteiger partial charge in [-0.2, -0.15) is 0 Å². The lowest BCUT2D eigenvalue weighted by molar-refractivity contribution is 0.0946. The smallest absolute Gasteiger partial charge is 0.270 e. The first kappa shape index (κ1) is 17.4. The van der Waals surface area contributed by atoms with Gasteiger partial charge < -0.3 is 15.4 Å². The number of amides is 1. The summed E-state index contributed by atoms with van der Waals surface area (Å²) in [4.78, 5) is 16.5. The summed E-state index contributed by atoms with van der Waals surface area (Å²) in [5, 5.41) is 8.57. The van der Waals surface area contributed by atoms with Crippen molar-refractivity contribution < 1.29 is 9.53 Å². The van der Waals surface area contributed by atoms with Gasteiger partial charge in [0.1, 0.15) is 16.5 Å². The van der Waals surface area contributed by atoms with Crippen molar-refractivity contribution in [3.63, 3.8) is 0 Å². The maximum Gasteiger partial charge on any atom is 0.270 e. The molecule has 23 heavy (non-hydrogen) atoms. The van der Waals surface area contributed by atoms with Crippen LogP contribution in [0.3, 0.4) is 0 Å². The van der Waals surface area contributed by atoms with E-state index in [4.69, 9.17) is 4.74 Å². The molecule has 1 atom stereocenters. The van der Waals surface area contributed by atoms with Crippen molar-refractivity contribution in [3.8, 4) is 16.3 Å². The van der Waals surface area contributed by atoms with Crippen molar-refractivity contribution in [2.75, 3.05) is 20.2 Å². The van der Waals surface area contributed by atoms with Gasteiger partial charge in [0.2, 0.25) is 0 Å². The Balaban J connectivity index is 1.99. The van der Waals surface area contributed by atoms with E-state index in [-0.39, 0.29) is 11.9 Å². The van der Waals surface area contributed by atoms with Gasteiger partial charge >= 0.3 is 0 Å². The topological polar surface area (TPSA) is 63.2 Å². The summed E-state index contributed by atoms with van der Waals surface area (Å²) < 4.78 is 5.57. The summed E-state index contributed by atoms with van der Waals surface area (Å²) in [6.07, 6.45) is 0.985. The lowest BCUT2D eigenvalue weighted by atomic mass is 10.2. The number of hydrogen-bond acceptors (Lipinski definition) is 5. The van der Waals surface area contributed by atoms with Crippen molar-refractivity contribution in [1.82, 2.24) is 15.6 Å². The highest BCUT2D eigenvalue weighted by molar-refractivity contribution is 7.13. The molecule has 0 spiro atoms. The fourth-order valence-corrected chi connectivity index (χ4v) is 2.67. The minimum Gasteiger partial charge on any atom is -0.494 e. The molecule has 1 aromatic heterocycles. The molecule has 2 aromatic rings. The summed E-state index contributed by atoms with van der Waals surface area (Å²) in [5.41, 5.74) is 1.45. The van der Waals surface area contributed by atoms with Crippen LogP contribution in [0.4, 0.5) is 0 Å². The largest absolute Gasteiger partial charge is 0.494 e. The molecule has 2 N–H and O–H groups in total. The maximum atomic E-state index is 12.1. The SMILES string of the molecule is CCCOc1ccc(-c2nc(C(=O)NCC(C)NC)cs2)cc1. The molecule has 1 unspecified atom stereocenters. The summed E-state index contributed by atoms with van der Waals surface area (Å²) in [6, 6.07) is 8.03. The van der Waals surface area contributed by atoms with Gasteiger partial charge in [-0.1, -0.05) is 6.92 Å². The first-order valence-corrected chi connectivity index (χ1v) is 8.66. The van der Waals surface area contributed by atoms with Crippen LogP contribution in [-0.4, -0.2) is 37.1 Å². The molecule has 124 valence electrons. The normalized spacial score (nSPS) is 12.0. The second-order valence-corrected chi connectivity index (χ2v) is 6.17. The maximum absolute atomic E-state index is 12.1. The minimum atomic E-state index is -0.141. The number of carbonyl (C=O) groups excluding carboxylic acids is 1. The standard InChI is InChI=1S/C17H23N3O2S/c1-4-9-22-14-7-5-13(6-8-14)17-20-15(11-23-17)16(21)19-10-12(2)18-3/h5-8,11-12,18H,4,9-10H2,1-3H3,(H,19,21). The number of nitrogens with one attached hydrogen (secondary N) is 2. The van der Waals surface area contributed by atoms with Crippen LogP contribution in [0.15, 0.2) is 29.6 Å². The van der Waals surface area contributed by atoms with Crippen LogP contribution < -0.4 is 15.4 Å². The second-order valence-electron chi connectivity index (χ2n) is 5.31. The first-order chi connectivity index (χ1) is 11.1. The van der Waals surface area contributed by atoms with E-state index in [1.807, 2.05) is 38.2 Å². The molecule has 1 heterocycles. The number of carbonyl (C=O) groups is 1. The van der Waals surface area contributed by atoms with E-state index < -0.39 is 0 Å². The predicted molar refractivity (Wildman–Crippen MR) is 94.2 cm³/mol. The Morgan fingerprint density at radius 2 is 2.09 bits per heavy atom. The highest BCUT2D eigenvalue weighted by Gasteiger charge is 2.12. The highest BCUT2D eigenvalue weighted by Crippen LogP contribution is 2.25. The van der Waals surface area contributed by atoms with Gasteiger partial charge in [-0.25, -0.2) is 4.98 Å². The van der Waals surface area contributed by atoms with Gasteiger partial charge in [0, 0.05) is 23.5 Å². The molecule has 0 aliphatic heterocycles. The summed E-state index contributed by atoms with van der Waals surface area (Å²) >= 11 is 1.47. The number of nitrogens with zero attached hydrogens (tertiary/aromatic N) is 1. The number of likely N-dealkylation sites (N-methyl/N-ethyl adjacent to an activating group) is 1. The summed E-state index contributed by atoms with van der Waals surface area (Å²) in [5.74, 6) is 0.712. The molecule has 2 rings (SSSR count). The van der Waals surface area contributed by atoms with E-state index >= 15 is 0 Å². The molecule has 0 bridgehead atoms. The molecule has 0 aliphatic carbocycles. The van der Waals surface area contributed by atoms with Gasteiger partial charge in [-0.3, -0.25) is 4.79 Å². The zero-order valence-electron chi connectivity index (χ0n) is 13.8. The number of hydrogen-bond donors (Lipinski definition) is 2. The van der Waals surface area contributed by atoms with E-state index in [1.54, 1.807) is 5.38 Å². The van der Waals surface area contributed by atoms with E-state index in [0.29, 0.717) is 18.8 Å². The summed E-state index contributed by atoms with van der Waals surface area (Å²) in [6.45, 7) is 5.38.